The quantitative estimate of drug-likeness (QED) is 0.0855. The molecule has 0 bridgehead atoms. The lowest BCUT2D eigenvalue weighted by Gasteiger charge is -2.33. The number of phenols is 1. The molecule has 65 heavy (non-hydrogen) atoms. The van der Waals surface area contributed by atoms with Crippen molar-refractivity contribution in [1.82, 2.24) is 31.2 Å². The number of aromatic amines is 1. The molecule has 1 aliphatic rings. The summed E-state index contributed by atoms with van der Waals surface area (Å²) < 4.78 is 5.75. The Morgan fingerprint density at radius 2 is 1.34 bits per heavy atom. The Labute approximate surface area is 386 Å². The fourth-order valence-corrected chi connectivity index (χ4v) is 7.79. The highest BCUT2D eigenvalue weighted by Gasteiger charge is 2.38. The van der Waals surface area contributed by atoms with Crippen LogP contribution in [0.1, 0.15) is 99.1 Å². The van der Waals surface area contributed by atoms with Gasteiger partial charge in [0.25, 0.3) is 0 Å². The number of benzene rings is 3. The molecule has 7 atom stereocenters. The van der Waals surface area contributed by atoms with Crippen molar-refractivity contribution in [2.75, 3.05) is 13.6 Å². The van der Waals surface area contributed by atoms with Gasteiger partial charge in [0, 0.05) is 57.1 Å². The van der Waals surface area contributed by atoms with Crippen LogP contribution in [0.15, 0.2) is 85.1 Å². The summed E-state index contributed by atoms with van der Waals surface area (Å²) in [6.45, 7) is 7.54. The van der Waals surface area contributed by atoms with Gasteiger partial charge >= 0.3 is 0 Å². The second-order valence-electron chi connectivity index (χ2n) is 15.9. The first-order valence-corrected chi connectivity index (χ1v) is 22.0. The van der Waals surface area contributed by atoms with E-state index in [9.17, 15) is 39.0 Å². The largest absolute Gasteiger partial charge is 0.508 e. The van der Waals surface area contributed by atoms with E-state index in [-0.39, 0.29) is 51.7 Å². The summed E-state index contributed by atoms with van der Waals surface area (Å²) in [7, 11) is 2.70. The number of carbonyl (C=O) groups is 6. The molecule has 9 N–H and O–H groups in total. The van der Waals surface area contributed by atoms with Crippen LogP contribution in [0.4, 0.5) is 0 Å². The van der Waals surface area contributed by atoms with Gasteiger partial charge in [-0.05, 0) is 67.6 Å². The number of unbranched alkanes of at least 4 members (excludes halogenated alkanes) is 1. The molecule has 3 aromatic carbocycles. The fourth-order valence-electron chi connectivity index (χ4n) is 7.79. The molecule has 0 aliphatic carbocycles. The Bertz CT molecular complexity index is 2130. The minimum absolute atomic E-state index is 0. The highest BCUT2D eigenvalue weighted by molar-refractivity contribution is 5.99. The van der Waals surface area contributed by atoms with Crippen molar-refractivity contribution in [3.63, 3.8) is 0 Å². The van der Waals surface area contributed by atoms with Gasteiger partial charge in [-0.2, -0.15) is 0 Å². The summed E-state index contributed by atoms with van der Waals surface area (Å²) in [4.78, 5) is 90.7. The first kappa shape index (κ1) is 53.3. The maximum atomic E-state index is 14.6. The summed E-state index contributed by atoms with van der Waals surface area (Å²) in [5.74, 6) is -4.82. The number of hydrogen-bond acceptors (Lipinski definition) is 9. The van der Waals surface area contributed by atoms with Gasteiger partial charge in [0.05, 0.1) is 12.1 Å². The number of amides is 5. The molecule has 0 saturated carbocycles. The lowest BCUT2D eigenvalue weighted by molar-refractivity contribution is -0.144. The number of aliphatic hydroxyl groups excluding tert-OH is 1. The number of H-pyrrole nitrogens is 1. The fraction of sp³-hybridized carbons (Fsp3) is 0.480. The number of aromatic hydroxyl groups is 1. The Morgan fingerprint density at radius 1 is 0.738 bits per heavy atom. The molecule has 356 valence electrons. The number of ketones is 1. The number of hydrogen-bond donors (Lipinski definition) is 8. The average Bonchev–Trinajstić information content (AvgIpc) is 3.72. The Balaban J connectivity index is 0.00000291. The Morgan fingerprint density at radius 3 is 1.98 bits per heavy atom. The van der Waals surface area contributed by atoms with Crippen molar-refractivity contribution in [1.29, 1.82) is 0 Å². The van der Waals surface area contributed by atoms with Gasteiger partial charge in [-0.1, -0.05) is 109 Å². The lowest BCUT2D eigenvalue weighted by atomic mass is 9.90. The number of aromatic nitrogens is 1. The van der Waals surface area contributed by atoms with E-state index in [4.69, 9.17) is 7.10 Å². The van der Waals surface area contributed by atoms with Crippen molar-refractivity contribution in [2.45, 2.75) is 137 Å². The van der Waals surface area contributed by atoms with Crippen LogP contribution in [0.3, 0.4) is 0 Å². The van der Waals surface area contributed by atoms with Crippen molar-refractivity contribution in [3.05, 3.63) is 102 Å². The second kappa shape index (κ2) is 27.3. The first-order valence-electron chi connectivity index (χ1n) is 23.0. The number of nitrogens with zero attached hydrogens (tertiary/aromatic N) is 1. The second-order valence-corrected chi connectivity index (χ2v) is 15.9. The molecular formula is C50H73N7O8. The number of Topliss-reactive ketones (excluding diaryl/α,β-unsaturated/α-hetero) is 1. The Kier molecular flexibility index (Phi) is 22.4. The SMILES string of the molecule is C.CC.CCC[C@H]1C(=O)N[C@@H](Cc2ccc(O)cc2)C(=O)N[C@H](Cc2c[nH]c3ccccc23)C(=O)C[C@@H](CCCCN)C(=O)N[C@@H]([C@@H](C)O)C(=O)N[C@@H](Cc2ccccc2)C(=O)N1C.[2H]C. The molecule has 4 aromatic rings. The van der Waals surface area contributed by atoms with Crippen LogP contribution in [-0.4, -0.2) is 105 Å². The van der Waals surface area contributed by atoms with Crippen molar-refractivity contribution in [2.24, 2.45) is 11.7 Å². The highest BCUT2D eigenvalue weighted by atomic mass is 16.3. The molecule has 5 rings (SSSR count). The van der Waals surface area contributed by atoms with E-state index < -0.39 is 77.6 Å². The topological polar surface area (TPSA) is 236 Å². The average molecular weight is 901 g/mol. The third-order valence-electron chi connectivity index (χ3n) is 11.3. The summed E-state index contributed by atoms with van der Waals surface area (Å²) in [6.07, 6.45) is 2.00. The van der Waals surface area contributed by atoms with Gasteiger partial charge in [-0.15, -0.1) is 0 Å². The number of aliphatic hydroxyl groups is 1. The van der Waals surface area contributed by atoms with E-state index in [1.165, 1.54) is 38.4 Å². The van der Waals surface area contributed by atoms with E-state index in [1.807, 2.05) is 51.1 Å². The zero-order valence-corrected chi connectivity index (χ0v) is 38.1. The number of nitrogens with one attached hydrogen (secondary N) is 5. The maximum Gasteiger partial charge on any atom is 0.245 e. The van der Waals surface area contributed by atoms with Crippen LogP contribution < -0.4 is 27.0 Å². The number of phenolic OH excluding ortho intramolecular Hbond substituents is 1. The molecule has 0 unspecified atom stereocenters. The summed E-state index contributed by atoms with van der Waals surface area (Å²) in [5.41, 5.74) is 8.66. The monoisotopic (exact) mass is 901 g/mol. The molecule has 0 radical (unpaired) electrons. The molecule has 1 saturated heterocycles. The van der Waals surface area contributed by atoms with E-state index in [0.29, 0.717) is 36.9 Å². The molecule has 15 nitrogen and oxygen atoms in total. The van der Waals surface area contributed by atoms with Gasteiger partial charge in [-0.25, -0.2) is 0 Å². The van der Waals surface area contributed by atoms with E-state index in [0.717, 1.165) is 16.5 Å². The molecule has 2 heterocycles. The molecule has 5 amide bonds. The summed E-state index contributed by atoms with van der Waals surface area (Å²) in [6, 6.07) is 16.4. The predicted molar refractivity (Wildman–Crippen MR) is 256 cm³/mol. The van der Waals surface area contributed by atoms with E-state index in [1.54, 1.807) is 42.6 Å². The standard InChI is InChI=1S/C46H59N7O8.C2H6.2CH4/c1-4-12-39-44(59)50-37(23-30-18-20-33(55)21-19-30)43(58)49-36(25-32-27-48-35-17-9-8-16-34(32)35)40(56)26-31(15-10-11-22-47)42(57)52-41(28(2)54)45(60)51-38(46(61)53(39)3)24-29-13-6-5-7-14-29;1-2;;/h5-9,13-14,16-21,27-28,31,36-39,41,48,54-55H,4,10-12,15,22-26,47H2,1-3H3,(H,49,58)(H,50,59)(H,51,60)(H,52,57);1-2H3;2*1H4/t28-,31-,36-,37+,38+,39+,41+;;;/m1.../s1/i;;1D;. The highest BCUT2D eigenvalue weighted by Crippen LogP contribution is 2.23. The van der Waals surface area contributed by atoms with Crippen molar-refractivity contribution >= 4 is 46.2 Å². The van der Waals surface area contributed by atoms with Crippen LogP contribution in [0.2, 0.25) is 0 Å². The minimum Gasteiger partial charge on any atom is -0.508 e. The van der Waals surface area contributed by atoms with Crippen LogP contribution in [0.5, 0.6) is 5.75 Å². The van der Waals surface area contributed by atoms with Crippen LogP contribution in [0, 0.1) is 5.92 Å². The molecule has 0 spiro atoms. The number of likely N-dealkylation sites (N-methyl/N-ethyl adjacent to an activating group) is 1. The normalized spacial score (nSPS) is 21.8. The Hall–Kier alpha value is -6.06. The molecule has 1 aliphatic heterocycles. The lowest BCUT2D eigenvalue weighted by Crippen LogP contribution is -2.61. The van der Waals surface area contributed by atoms with Crippen LogP contribution in [0.25, 0.3) is 10.9 Å². The summed E-state index contributed by atoms with van der Waals surface area (Å²) >= 11 is 0. The maximum absolute atomic E-state index is 14.6. The zero-order valence-electron chi connectivity index (χ0n) is 39.1. The van der Waals surface area contributed by atoms with E-state index >= 15 is 0 Å². The molecule has 1 aromatic heterocycles. The van der Waals surface area contributed by atoms with Crippen LogP contribution >= 0.6 is 0 Å². The predicted octanol–water partition coefficient (Wildman–Crippen LogP) is 4.86. The molecule has 1 fully saturated rings. The van der Waals surface area contributed by atoms with E-state index in [2.05, 4.69) is 26.3 Å². The van der Waals surface area contributed by atoms with Crippen molar-refractivity contribution in [3.8, 4) is 5.75 Å². The van der Waals surface area contributed by atoms with Gasteiger partial charge in [0.1, 0.15) is 29.9 Å². The van der Waals surface area contributed by atoms with Crippen molar-refractivity contribution < 1.29 is 40.4 Å². The van der Waals surface area contributed by atoms with Gasteiger partial charge < -0.3 is 47.1 Å². The molecule has 15 heteroatoms. The number of fused-ring (bicyclic) bond motifs is 1. The zero-order chi connectivity index (χ0) is 48.1. The first-order chi connectivity index (χ1) is 31.3. The van der Waals surface area contributed by atoms with Gasteiger partial charge in [-0.3, -0.25) is 28.8 Å². The summed E-state index contributed by atoms with van der Waals surface area (Å²) in [5, 5.41) is 32.9. The van der Waals surface area contributed by atoms with Gasteiger partial charge in [0.2, 0.25) is 29.5 Å². The number of rotatable bonds is 13. The minimum atomic E-state index is -1.51. The van der Waals surface area contributed by atoms with Crippen LogP contribution in [-0.2, 0) is 48.0 Å². The van der Waals surface area contributed by atoms with Gasteiger partial charge in [0.15, 0.2) is 5.78 Å². The smallest absolute Gasteiger partial charge is 0.245 e. The number of para-hydroxylation sites is 1. The third-order valence-corrected chi connectivity index (χ3v) is 11.3. The molecular weight excluding hydrogens is 827 g/mol. The number of carbonyl (C=O) groups excluding carboxylic acids is 6. The third kappa shape index (κ3) is 15.6. The number of nitrogens with two attached hydrogens (primary N) is 1.